The Labute approximate surface area is 166 Å². The second kappa shape index (κ2) is 7.84. The van der Waals surface area contributed by atoms with E-state index in [9.17, 15) is 13.2 Å². The zero-order valence-corrected chi connectivity index (χ0v) is 16.0. The number of nitrogens with zero attached hydrogens (tertiary/aromatic N) is 3. The van der Waals surface area contributed by atoms with Crippen molar-refractivity contribution in [2.75, 3.05) is 11.9 Å². The molecule has 0 fully saturated rings. The Hall–Kier alpha value is -3.53. The molecule has 4 rings (SSSR count). The molecule has 2 aromatic heterocycles. The average Bonchev–Trinajstić information content (AvgIpc) is 3.41. The fourth-order valence-electron chi connectivity index (χ4n) is 2.80. The van der Waals surface area contributed by atoms with E-state index in [1.807, 2.05) is 0 Å². The fraction of sp³-hybridized carbons (Fsp3) is 0.158. The first-order chi connectivity index (χ1) is 14.0. The van der Waals surface area contributed by atoms with Crippen molar-refractivity contribution in [3.8, 4) is 11.3 Å². The van der Waals surface area contributed by atoms with Gasteiger partial charge in [0.05, 0.1) is 4.90 Å². The summed E-state index contributed by atoms with van der Waals surface area (Å²) in [6.45, 7) is 0.618. The van der Waals surface area contributed by atoms with E-state index in [4.69, 9.17) is 4.52 Å². The molecular formula is C19H17N5O4S. The summed E-state index contributed by atoms with van der Waals surface area (Å²) in [6, 6.07) is 11.0. The highest BCUT2D eigenvalue weighted by Gasteiger charge is 2.19. The Kier molecular flexibility index (Phi) is 5.09. The van der Waals surface area contributed by atoms with Gasteiger partial charge in [-0.25, -0.2) is 8.42 Å². The molecule has 1 amide bonds. The number of amidine groups is 1. The minimum absolute atomic E-state index is 0.0288. The molecule has 0 aliphatic carbocycles. The summed E-state index contributed by atoms with van der Waals surface area (Å²) < 4.78 is 32.7. The Morgan fingerprint density at radius 1 is 1.14 bits per heavy atom. The number of benzene rings is 1. The zero-order chi connectivity index (χ0) is 20.3. The van der Waals surface area contributed by atoms with Gasteiger partial charge in [-0.15, -0.1) is 0 Å². The minimum Gasteiger partial charge on any atom is -0.355 e. The number of anilines is 1. The summed E-state index contributed by atoms with van der Waals surface area (Å²) in [6.07, 6.45) is 4.65. The van der Waals surface area contributed by atoms with Gasteiger partial charge >= 0.3 is 0 Å². The molecule has 0 spiro atoms. The summed E-state index contributed by atoms with van der Waals surface area (Å²) in [5.74, 6) is 0.331. The number of pyridine rings is 1. The number of sulfonamides is 1. The number of carbonyl (C=O) groups is 1. The van der Waals surface area contributed by atoms with Crippen molar-refractivity contribution in [1.82, 2.24) is 14.9 Å². The highest BCUT2D eigenvalue weighted by molar-refractivity contribution is 7.90. The number of amides is 1. The summed E-state index contributed by atoms with van der Waals surface area (Å²) in [4.78, 5) is 20.6. The topological polar surface area (TPSA) is 127 Å². The molecule has 29 heavy (non-hydrogen) atoms. The molecule has 1 aliphatic rings. The third kappa shape index (κ3) is 4.32. The Morgan fingerprint density at radius 2 is 2.03 bits per heavy atom. The molecule has 0 unspecified atom stereocenters. The minimum atomic E-state index is -3.77. The second-order valence-corrected chi connectivity index (χ2v) is 8.02. The van der Waals surface area contributed by atoms with Gasteiger partial charge in [0.2, 0.25) is 0 Å². The first-order valence-electron chi connectivity index (χ1n) is 8.86. The summed E-state index contributed by atoms with van der Waals surface area (Å²) in [5.41, 5.74) is 1.07. The third-order valence-corrected chi connectivity index (χ3v) is 5.60. The number of hydrogen-bond acceptors (Lipinski definition) is 7. The molecule has 0 saturated heterocycles. The predicted octanol–water partition coefficient (Wildman–Crippen LogP) is 2.46. The van der Waals surface area contributed by atoms with Crippen LogP contribution < -0.4 is 10.0 Å². The van der Waals surface area contributed by atoms with Gasteiger partial charge in [0.15, 0.2) is 11.5 Å². The Morgan fingerprint density at radius 3 is 2.79 bits per heavy atom. The van der Waals surface area contributed by atoms with E-state index < -0.39 is 15.9 Å². The monoisotopic (exact) mass is 411 g/mol. The zero-order valence-electron chi connectivity index (χ0n) is 15.2. The molecule has 2 N–H and O–H groups in total. The van der Waals surface area contributed by atoms with Crippen LogP contribution in [0.2, 0.25) is 0 Å². The molecule has 3 heterocycles. The van der Waals surface area contributed by atoms with Crippen molar-refractivity contribution < 1.29 is 17.7 Å². The lowest BCUT2D eigenvalue weighted by molar-refractivity contribution is 0.101. The SMILES string of the molecule is O=C(Nc1cccc(S(=O)(=O)NC2=NCCC2)c1)c1cc(-c2cccnc2)on1. The van der Waals surface area contributed by atoms with Crippen LogP contribution in [0.3, 0.4) is 0 Å². The van der Waals surface area contributed by atoms with Gasteiger partial charge in [0.25, 0.3) is 15.9 Å². The van der Waals surface area contributed by atoms with Crippen molar-refractivity contribution in [2.24, 2.45) is 4.99 Å². The van der Waals surface area contributed by atoms with Gasteiger partial charge < -0.3 is 9.84 Å². The van der Waals surface area contributed by atoms with Crippen molar-refractivity contribution in [2.45, 2.75) is 17.7 Å². The normalized spacial score (nSPS) is 13.7. The van der Waals surface area contributed by atoms with Gasteiger partial charge in [-0.1, -0.05) is 11.2 Å². The predicted molar refractivity (Wildman–Crippen MR) is 106 cm³/mol. The van der Waals surface area contributed by atoms with Crippen molar-refractivity contribution in [1.29, 1.82) is 0 Å². The first-order valence-corrected chi connectivity index (χ1v) is 10.3. The average molecular weight is 411 g/mol. The van der Waals surface area contributed by atoms with Crippen LogP contribution >= 0.6 is 0 Å². The number of hydrogen-bond donors (Lipinski definition) is 2. The molecule has 10 heteroatoms. The van der Waals surface area contributed by atoms with E-state index in [1.54, 1.807) is 36.7 Å². The molecule has 3 aromatic rings. The van der Waals surface area contributed by atoms with Crippen LogP contribution in [0.15, 0.2) is 69.3 Å². The van der Waals surface area contributed by atoms with Crippen LogP contribution in [0.1, 0.15) is 23.3 Å². The number of carbonyl (C=O) groups excluding carboxylic acids is 1. The maximum Gasteiger partial charge on any atom is 0.277 e. The lowest BCUT2D eigenvalue weighted by Crippen LogP contribution is -2.29. The number of aromatic nitrogens is 2. The highest BCUT2D eigenvalue weighted by atomic mass is 32.2. The van der Waals surface area contributed by atoms with E-state index in [-0.39, 0.29) is 10.6 Å². The molecule has 148 valence electrons. The smallest absolute Gasteiger partial charge is 0.277 e. The fourth-order valence-corrected chi connectivity index (χ4v) is 3.93. The Bertz CT molecular complexity index is 1170. The van der Waals surface area contributed by atoms with Gasteiger partial charge in [-0.05, 0) is 36.8 Å². The summed E-state index contributed by atoms with van der Waals surface area (Å²) >= 11 is 0. The molecule has 1 aromatic carbocycles. The summed E-state index contributed by atoms with van der Waals surface area (Å²) in [7, 11) is -3.77. The number of aliphatic imine (C=N–C) groups is 1. The Balaban J connectivity index is 1.49. The van der Waals surface area contributed by atoms with E-state index in [1.165, 1.54) is 18.2 Å². The van der Waals surface area contributed by atoms with Crippen LogP contribution in [-0.2, 0) is 10.0 Å². The van der Waals surface area contributed by atoms with E-state index in [0.717, 1.165) is 6.42 Å². The highest BCUT2D eigenvalue weighted by Crippen LogP contribution is 2.21. The molecule has 0 bridgehead atoms. The van der Waals surface area contributed by atoms with Gasteiger partial charge in [0, 0.05) is 42.7 Å². The largest absolute Gasteiger partial charge is 0.355 e. The number of rotatable bonds is 5. The van der Waals surface area contributed by atoms with Crippen LogP contribution in [-0.4, -0.2) is 36.8 Å². The van der Waals surface area contributed by atoms with E-state index >= 15 is 0 Å². The third-order valence-electron chi connectivity index (χ3n) is 4.22. The van der Waals surface area contributed by atoms with Crippen LogP contribution in [0.4, 0.5) is 5.69 Å². The van der Waals surface area contributed by atoms with Gasteiger partial charge in [-0.3, -0.25) is 19.5 Å². The first kappa shape index (κ1) is 18.8. The van der Waals surface area contributed by atoms with Gasteiger partial charge in [0.1, 0.15) is 5.84 Å². The summed E-state index contributed by atoms with van der Waals surface area (Å²) in [5, 5.41) is 6.40. The molecule has 1 aliphatic heterocycles. The van der Waals surface area contributed by atoms with Crippen molar-refractivity contribution in [3.05, 3.63) is 60.6 Å². The van der Waals surface area contributed by atoms with Crippen molar-refractivity contribution >= 4 is 27.5 Å². The van der Waals surface area contributed by atoms with Gasteiger partial charge in [-0.2, -0.15) is 0 Å². The second-order valence-electron chi connectivity index (χ2n) is 6.34. The molecule has 0 atom stereocenters. The van der Waals surface area contributed by atoms with Crippen LogP contribution in [0.25, 0.3) is 11.3 Å². The lowest BCUT2D eigenvalue weighted by atomic mass is 10.2. The lowest BCUT2D eigenvalue weighted by Gasteiger charge is -2.09. The molecule has 9 nitrogen and oxygen atoms in total. The molecular weight excluding hydrogens is 394 g/mol. The maximum atomic E-state index is 12.5. The van der Waals surface area contributed by atoms with E-state index in [0.29, 0.717) is 35.8 Å². The van der Waals surface area contributed by atoms with E-state index in [2.05, 4.69) is 25.2 Å². The maximum absolute atomic E-state index is 12.5. The molecule has 0 radical (unpaired) electrons. The molecule has 0 saturated carbocycles. The van der Waals surface area contributed by atoms with Crippen LogP contribution in [0, 0.1) is 0 Å². The number of nitrogens with one attached hydrogen (secondary N) is 2. The standard InChI is InChI=1S/C19H17N5O4S/c25-19(16-11-17(28-23-16)13-4-2-8-20-12-13)22-14-5-1-6-15(10-14)29(26,27)24-18-7-3-9-21-18/h1-2,4-6,8,10-12H,3,7,9H2,(H,21,24)(H,22,25). The van der Waals surface area contributed by atoms with Crippen LogP contribution in [0.5, 0.6) is 0 Å². The quantitative estimate of drug-likeness (QED) is 0.664. The van der Waals surface area contributed by atoms with Crippen molar-refractivity contribution in [3.63, 3.8) is 0 Å².